The highest BCUT2D eigenvalue weighted by atomic mass is 33.1. The van der Waals surface area contributed by atoms with Crippen LogP contribution in [0.25, 0.3) is 0 Å². The van der Waals surface area contributed by atoms with Gasteiger partial charge in [-0.25, -0.2) is 0 Å². The zero-order valence-electron chi connectivity index (χ0n) is 6.82. The van der Waals surface area contributed by atoms with Crippen molar-refractivity contribution < 1.29 is 27.7 Å². The van der Waals surface area contributed by atoms with Crippen molar-refractivity contribution in [2.75, 3.05) is 0 Å². The average Bonchev–Trinajstić information content (AvgIpc) is 1.80. The molecule has 0 aromatic rings. The van der Waals surface area contributed by atoms with Crippen molar-refractivity contribution in [3.8, 4) is 0 Å². The Bertz CT molecular complexity index is 291. The van der Waals surface area contributed by atoms with Crippen LogP contribution in [0.4, 0.5) is 0 Å². The summed E-state index contributed by atoms with van der Waals surface area (Å²) in [5.41, 5.74) is 9.57. The van der Waals surface area contributed by atoms with E-state index < -0.39 is 27.1 Å². The van der Waals surface area contributed by atoms with Gasteiger partial charge in [0.05, 0.1) is 6.42 Å². The number of carboxylic acid groups (broad SMARTS) is 1. The lowest BCUT2D eigenvalue weighted by Crippen LogP contribution is -2.34. The van der Waals surface area contributed by atoms with Gasteiger partial charge in [0, 0.05) is 0 Å². The topological polar surface area (TPSA) is 161 Å². The van der Waals surface area contributed by atoms with Crippen molar-refractivity contribution in [1.82, 2.24) is 0 Å². The number of carboxylic acids is 1. The van der Waals surface area contributed by atoms with Gasteiger partial charge < -0.3 is 16.6 Å². The third-order valence-electron chi connectivity index (χ3n) is 0.738. The number of hydrogen-bond donors (Lipinski definition) is 5. The molecule has 1 atom stereocenters. The third kappa shape index (κ3) is 22.5. The maximum atomic E-state index is 9.99. The number of nitrogens with two attached hydrogens (primary N) is 2. The molecule has 6 N–H and O–H groups in total. The largest absolute Gasteiger partial charge is 0.480 e. The Morgan fingerprint density at radius 1 is 1.43 bits per heavy atom. The second-order valence-electron chi connectivity index (χ2n) is 2.06. The molecule has 0 rings (SSSR count). The third-order valence-corrected chi connectivity index (χ3v) is 0.738. The highest BCUT2D eigenvalue weighted by molar-refractivity contribution is 8.61. The number of amides is 1. The molecule has 0 saturated heterocycles. The first-order valence-electron chi connectivity index (χ1n) is 3.00. The predicted molar refractivity (Wildman–Crippen MR) is 50.0 cm³/mol. The molecule has 1 unspecified atom stereocenters. The van der Waals surface area contributed by atoms with E-state index in [2.05, 4.69) is 17.4 Å². The summed E-state index contributed by atoms with van der Waals surface area (Å²) < 4.78 is 25.5. The van der Waals surface area contributed by atoms with Crippen molar-refractivity contribution in [2.45, 2.75) is 12.5 Å². The van der Waals surface area contributed by atoms with Crippen molar-refractivity contribution >= 4 is 32.7 Å². The molecular formula is C4H10N2O6S2. The van der Waals surface area contributed by atoms with Crippen molar-refractivity contribution in [2.24, 2.45) is 11.5 Å². The SMILES string of the molecule is NC(=O)CC(N)C(=O)O.O=S(=O)(O)S. The molecule has 8 nitrogen and oxygen atoms in total. The molecule has 10 heteroatoms. The first kappa shape index (κ1) is 15.6. The molecule has 0 aliphatic rings. The number of rotatable bonds is 3. The van der Waals surface area contributed by atoms with Crippen LogP contribution in [-0.2, 0) is 18.7 Å². The Labute approximate surface area is 84.8 Å². The first-order valence-corrected chi connectivity index (χ1v) is 5.50. The summed E-state index contributed by atoms with van der Waals surface area (Å²) in [6.07, 6.45) is -0.310. The van der Waals surface area contributed by atoms with Gasteiger partial charge in [0.15, 0.2) is 0 Å². The zero-order valence-corrected chi connectivity index (χ0v) is 8.53. The number of thiol groups is 1. The van der Waals surface area contributed by atoms with Gasteiger partial charge in [-0.2, -0.15) is 8.42 Å². The van der Waals surface area contributed by atoms with Crippen molar-refractivity contribution in [1.29, 1.82) is 0 Å². The van der Waals surface area contributed by atoms with Crippen LogP contribution in [0.2, 0.25) is 0 Å². The van der Waals surface area contributed by atoms with Gasteiger partial charge in [-0.3, -0.25) is 14.1 Å². The van der Waals surface area contributed by atoms with Crippen molar-refractivity contribution in [3.05, 3.63) is 0 Å². The molecule has 0 fully saturated rings. The van der Waals surface area contributed by atoms with Crippen LogP contribution < -0.4 is 11.5 Å². The van der Waals surface area contributed by atoms with Crippen LogP contribution in [0.1, 0.15) is 6.42 Å². The Morgan fingerprint density at radius 2 is 1.71 bits per heavy atom. The minimum Gasteiger partial charge on any atom is -0.480 e. The first-order chi connectivity index (χ1) is 6.04. The van der Waals surface area contributed by atoms with E-state index in [1.54, 1.807) is 0 Å². The molecule has 0 aliphatic heterocycles. The lowest BCUT2D eigenvalue weighted by Gasteiger charge is -1.99. The highest BCUT2D eigenvalue weighted by Crippen LogP contribution is 1.84. The summed E-state index contributed by atoms with van der Waals surface area (Å²) in [6.45, 7) is 0. The molecule has 84 valence electrons. The number of primary amides is 1. The Balaban J connectivity index is 0. The lowest BCUT2D eigenvalue weighted by molar-refractivity contribution is -0.140. The molecule has 0 radical (unpaired) electrons. The number of carbonyl (C=O) groups is 2. The van der Waals surface area contributed by atoms with Crippen molar-refractivity contribution in [3.63, 3.8) is 0 Å². The van der Waals surface area contributed by atoms with E-state index in [9.17, 15) is 9.59 Å². The van der Waals surface area contributed by atoms with E-state index in [0.717, 1.165) is 0 Å². The van der Waals surface area contributed by atoms with Gasteiger partial charge in [0.2, 0.25) is 5.91 Å². The fourth-order valence-corrected chi connectivity index (χ4v) is 0.304. The molecule has 0 bridgehead atoms. The summed E-state index contributed by atoms with van der Waals surface area (Å²) in [4.78, 5) is 19.9. The Morgan fingerprint density at radius 3 is 1.79 bits per heavy atom. The van der Waals surface area contributed by atoms with Gasteiger partial charge in [0.1, 0.15) is 6.04 Å². The summed E-state index contributed by atoms with van der Waals surface area (Å²) in [5, 5.41) is 8.10. The summed E-state index contributed by atoms with van der Waals surface area (Å²) >= 11 is 2.65. The smallest absolute Gasteiger partial charge is 0.321 e. The number of aliphatic carboxylic acids is 1. The molecule has 0 aromatic heterocycles. The predicted octanol–water partition coefficient (Wildman–Crippen LogP) is -2.01. The molecular weight excluding hydrogens is 236 g/mol. The molecule has 0 aromatic carbocycles. The molecule has 0 saturated carbocycles. The maximum Gasteiger partial charge on any atom is 0.321 e. The lowest BCUT2D eigenvalue weighted by atomic mass is 10.2. The molecule has 0 spiro atoms. The van der Waals surface area contributed by atoms with Gasteiger partial charge in [0.25, 0.3) is 0 Å². The van der Waals surface area contributed by atoms with E-state index >= 15 is 0 Å². The normalized spacial score (nSPS) is 12.2. The van der Waals surface area contributed by atoms with E-state index in [4.69, 9.17) is 23.8 Å². The van der Waals surface area contributed by atoms with Gasteiger partial charge in [-0.05, 0) is 11.7 Å². The van der Waals surface area contributed by atoms with E-state index in [1.807, 2.05) is 0 Å². The van der Waals surface area contributed by atoms with Crippen LogP contribution >= 0.6 is 11.7 Å². The number of hydrogen-bond acceptors (Lipinski definition) is 5. The fraction of sp³-hybridized carbons (Fsp3) is 0.500. The Hall–Kier alpha value is -0.840. The summed E-state index contributed by atoms with van der Waals surface area (Å²) in [7, 11) is -3.97. The molecule has 14 heavy (non-hydrogen) atoms. The maximum absolute atomic E-state index is 9.99. The van der Waals surface area contributed by atoms with E-state index in [-0.39, 0.29) is 6.42 Å². The highest BCUT2D eigenvalue weighted by Gasteiger charge is 2.13. The standard InChI is InChI=1S/C4H8N2O3.H2O3S2/c5-2(4(8)9)1-3(6)7;1-5(2,3)4/h2H,1,5H2,(H2,6,7)(H,8,9);(H2,1,2,3,4). The molecule has 0 heterocycles. The van der Waals surface area contributed by atoms with Crippen LogP contribution in [0, 0.1) is 0 Å². The average molecular weight is 246 g/mol. The van der Waals surface area contributed by atoms with Gasteiger partial charge >= 0.3 is 15.1 Å². The molecule has 1 amide bonds. The van der Waals surface area contributed by atoms with E-state index in [1.165, 1.54) is 0 Å². The summed E-state index contributed by atoms with van der Waals surface area (Å²) in [5.74, 6) is -1.92. The summed E-state index contributed by atoms with van der Waals surface area (Å²) in [6, 6.07) is -1.16. The number of carbonyl (C=O) groups excluding carboxylic acids is 1. The zero-order chi connectivity index (χ0) is 11.9. The fourth-order valence-electron chi connectivity index (χ4n) is 0.304. The minimum atomic E-state index is -3.97. The van der Waals surface area contributed by atoms with Gasteiger partial charge in [-0.15, -0.1) is 0 Å². The van der Waals surface area contributed by atoms with Crippen LogP contribution in [0.3, 0.4) is 0 Å². The van der Waals surface area contributed by atoms with Gasteiger partial charge in [-0.1, -0.05) is 0 Å². The quantitative estimate of drug-likeness (QED) is 0.218. The van der Waals surface area contributed by atoms with Crippen LogP contribution in [0.5, 0.6) is 0 Å². The molecule has 0 aliphatic carbocycles. The van der Waals surface area contributed by atoms with E-state index in [0.29, 0.717) is 0 Å². The van der Waals surface area contributed by atoms with Crippen LogP contribution in [0.15, 0.2) is 0 Å². The second kappa shape index (κ2) is 6.59. The Kier molecular flexibility index (Phi) is 7.35. The second-order valence-corrected chi connectivity index (χ2v) is 4.34. The minimum absolute atomic E-state index is 0.310. The van der Waals surface area contributed by atoms with Crippen LogP contribution in [-0.4, -0.2) is 36.0 Å². The monoisotopic (exact) mass is 246 g/mol.